The normalized spacial score (nSPS) is 11.5. The maximum Gasteiger partial charge on any atom is 0.338 e. The number of carbonyl (C=O) groups is 2. The largest absolute Gasteiger partial charge is 0.481 e. The minimum atomic E-state index is -3.87. The third-order valence-electron chi connectivity index (χ3n) is 3.03. The first-order valence-electron chi connectivity index (χ1n) is 6.66. The fourth-order valence-electron chi connectivity index (χ4n) is 1.76. The Bertz CT molecular complexity index is 668. The molecule has 0 fully saturated rings. The molecular weight excluding hydrogens is 310 g/mol. The van der Waals surface area contributed by atoms with Crippen molar-refractivity contribution in [1.29, 1.82) is 0 Å². The van der Waals surface area contributed by atoms with Crippen LogP contribution in [-0.2, 0) is 19.6 Å². The topological polar surface area (TPSA) is 101 Å². The second-order valence-corrected chi connectivity index (χ2v) is 6.68. The van der Waals surface area contributed by atoms with E-state index >= 15 is 0 Å². The molecule has 1 N–H and O–H groups in total. The van der Waals surface area contributed by atoms with Gasteiger partial charge in [0.1, 0.15) is 0 Å². The lowest BCUT2D eigenvalue weighted by Gasteiger charge is -2.18. The summed E-state index contributed by atoms with van der Waals surface area (Å²) >= 11 is 0. The SMILES string of the molecule is CCOC(=O)c1ccc(C)c(S(=O)(=O)N(C)CCC(=O)O)c1. The Hall–Kier alpha value is -1.93. The third kappa shape index (κ3) is 4.28. The van der Waals surface area contributed by atoms with Crippen LogP contribution in [0.3, 0.4) is 0 Å². The highest BCUT2D eigenvalue weighted by Gasteiger charge is 2.24. The van der Waals surface area contributed by atoms with E-state index in [0.29, 0.717) is 5.56 Å². The van der Waals surface area contributed by atoms with Crippen molar-refractivity contribution in [2.24, 2.45) is 0 Å². The van der Waals surface area contributed by atoms with E-state index in [-0.39, 0.29) is 30.0 Å². The van der Waals surface area contributed by atoms with E-state index < -0.39 is 22.0 Å². The number of nitrogens with zero attached hydrogens (tertiary/aromatic N) is 1. The first kappa shape index (κ1) is 18.1. The number of aliphatic carboxylic acids is 1. The van der Waals surface area contributed by atoms with Crippen molar-refractivity contribution in [2.45, 2.75) is 25.2 Å². The summed E-state index contributed by atoms with van der Waals surface area (Å²) in [7, 11) is -2.57. The lowest BCUT2D eigenvalue weighted by atomic mass is 10.1. The fourth-order valence-corrected chi connectivity index (χ4v) is 3.18. The number of rotatable bonds is 7. The number of carboxylic acid groups (broad SMARTS) is 1. The molecule has 0 unspecified atom stereocenters. The van der Waals surface area contributed by atoms with Crippen LogP contribution >= 0.6 is 0 Å². The molecule has 0 amide bonds. The van der Waals surface area contributed by atoms with Crippen molar-refractivity contribution in [1.82, 2.24) is 4.31 Å². The quantitative estimate of drug-likeness (QED) is 0.756. The van der Waals surface area contributed by atoms with Crippen LogP contribution in [0.1, 0.15) is 29.3 Å². The molecule has 1 aromatic rings. The van der Waals surface area contributed by atoms with Gasteiger partial charge in [-0.3, -0.25) is 4.79 Å². The smallest absolute Gasteiger partial charge is 0.338 e. The average Bonchev–Trinajstić information content (AvgIpc) is 2.44. The Morgan fingerprint density at radius 3 is 2.50 bits per heavy atom. The summed E-state index contributed by atoms with van der Waals surface area (Å²) in [6.45, 7) is 3.30. The maximum atomic E-state index is 12.5. The fraction of sp³-hybridized carbons (Fsp3) is 0.429. The molecule has 1 rings (SSSR count). The number of sulfonamides is 1. The van der Waals surface area contributed by atoms with Gasteiger partial charge in [0.05, 0.1) is 23.5 Å². The Labute approximate surface area is 129 Å². The minimum Gasteiger partial charge on any atom is -0.481 e. The third-order valence-corrected chi connectivity index (χ3v) is 5.03. The molecule has 122 valence electrons. The summed E-state index contributed by atoms with van der Waals surface area (Å²) in [5.74, 6) is -1.69. The van der Waals surface area contributed by atoms with Gasteiger partial charge in [-0.25, -0.2) is 17.5 Å². The molecule has 0 atom stereocenters. The van der Waals surface area contributed by atoms with E-state index in [2.05, 4.69) is 0 Å². The number of hydrogen-bond acceptors (Lipinski definition) is 5. The zero-order valence-corrected chi connectivity index (χ0v) is 13.5. The zero-order chi connectivity index (χ0) is 16.9. The molecule has 22 heavy (non-hydrogen) atoms. The summed E-state index contributed by atoms with van der Waals surface area (Å²) < 4.78 is 30.8. The molecule has 0 bridgehead atoms. The Kier molecular flexibility index (Phi) is 6.07. The van der Waals surface area contributed by atoms with Crippen molar-refractivity contribution < 1.29 is 27.9 Å². The van der Waals surface area contributed by atoms with E-state index in [0.717, 1.165) is 4.31 Å². The lowest BCUT2D eigenvalue weighted by molar-refractivity contribution is -0.137. The number of ether oxygens (including phenoxy) is 1. The molecule has 0 heterocycles. The molecule has 0 aliphatic carbocycles. The van der Waals surface area contributed by atoms with Gasteiger partial charge in [0, 0.05) is 13.6 Å². The number of aryl methyl sites for hydroxylation is 1. The molecule has 1 aromatic carbocycles. The zero-order valence-electron chi connectivity index (χ0n) is 12.7. The molecule has 0 aromatic heterocycles. The first-order chi connectivity index (χ1) is 10.2. The van der Waals surface area contributed by atoms with Crippen LogP contribution in [0.4, 0.5) is 0 Å². The average molecular weight is 329 g/mol. The van der Waals surface area contributed by atoms with Crippen molar-refractivity contribution >= 4 is 22.0 Å². The predicted molar refractivity (Wildman–Crippen MR) is 79.2 cm³/mol. The van der Waals surface area contributed by atoms with E-state index in [9.17, 15) is 18.0 Å². The van der Waals surface area contributed by atoms with Gasteiger partial charge in [0.25, 0.3) is 0 Å². The highest BCUT2D eigenvalue weighted by atomic mass is 32.2. The standard InChI is InChI=1S/C14H19NO6S/c1-4-21-14(18)11-6-5-10(2)12(9-11)22(19,20)15(3)8-7-13(16)17/h5-6,9H,4,7-8H2,1-3H3,(H,16,17). The summed E-state index contributed by atoms with van der Waals surface area (Å²) in [6, 6.07) is 4.26. The van der Waals surface area contributed by atoms with Gasteiger partial charge in [-0.15, -0.1) is 0 Å². The molecule has 0 aliphatic heterocycles. The van der Waals surface area contributed by atoms with Gasteiger partial charge in [-0.1, -0.05) is 6.07 Å². The highest BCUT2D eigenvalue weighted by molar-refractivity contribution is 7.89. The molecule has 0 saturated carbocycles. The van der Waals surface area contributed by atoms with Crippen molar-refractivity contribution in [3.05, 3.63) is 29.3 Å². The number of esters is 1. The van der Waals surface area contributed by atoms with Crippen LogP contribution < -0.4 is 0 Å². The molecule has 8 heteroatoms. The van der Waals surface area contributed by atoms with Crippen molar-refractivity contribution in [3.63, 3.8) is 0 Å². The molecular formula is C14H19NO6S. The second kappa shape index (κ2) is 7.37. The number of carbonyl (C=O) groups excluding carboxylic acids is 1. The van der Waals surface area contributed by atoms with Gasteiger partial charge in [-0.05, 0) is 31.5 Å². The van der Waals surface area contributed by atoms with Crippen molar-refractivity contribution in [2.75, 3.05) is 20.2 Å². The summed E-state index contributed by atoms with van der Waals surface area (Å²) in [5, 5.41) is 8.65. The van der Waals surface area contributed by atoms with Crippen LogP contribution in [0.25, 0.3) is 0 Å². The van der Waals surface area contributed by atoms with E-state index in [1.165, 1.54) is 25.2 Å². The van der Waals surface area contributed by atoms with Crippen LogP contribution in [-0.4, -0.2) is 50.0 Å². The summed E-state index contributed by atoms with van der Waals surface area (Å²) in [5.41, 5.74) is 0.605. The van der Waals surface area contributed by atoms with Gasteiger partial charge in [0.15, 0.2) is 0 Å². The summed E-state index contributed by atoms with van der Waals surface area (Å²) in [6.07, 6.45) is -0.299. The Morgan fingerprint density at radius 1 is 1.32 bits per heavy atom. The minimum absolute atomic E-state index is 0.0362. The van der Waals surface area contributed by atoms with Crippen LogP contribution in [0.15, 0.2) is 23.1 Å². The summed E-state index contributed by atoms with van der Waals surface area (Å²) in [4.78, 5) is 22.2. The molecule has 0 saturated heterocycles. The van der Waals surface area contributed by atoms with Crippen molar-refractivity contribution in [3.8, 4) is 0 Å². The van der Waals surface area contributed by atoms with Crippen LogP contribution in [0.5, 0.6) is 0 Å². The second-order valence-electron chi connectivity index (χ2n) is 4.67. The number of hydrogen-bond donors (Lipinski definition) is 1. The molecule has 0 aliphatic rings. The lowest BCUT2D eigenvalue weighted by Crippen LogP contribution is -2.30. The van der Waals surface area contributed by atoms with E-state index in [1.54, 1.807) is 13.8 Å². The number of benzene rings is 1. The molecule has 0 spiro atoms. The maximum absolute atomic E-state index is 12.5. The molecule has 7 nitrogen and oxygen atoms in total. The van der Waals surface area contributed by atoms with Gasteiger partial charge < -0.3 is 9.84 Å². The number of carboxylic acids is 1. The highest BCUT2D eigenvalue weighted by Crippen LogP contribution is 2.21. The Morgan fingerprint density at radius 2 is 1.95 bits per heavy atom. The Balaban J connectivity index is 3.15. The van der Waals surface area contributed by atoms with Gasteiger partial charge >= 0.3 is 11.9 Å². The monoisotopic (exact) mass is 329 g/mol. The van der Waals surface area contributed by atoms with Crippen LogP contribution in [0, 0.1) is 6.92 Å². The van der Waals surface area contributed by atoms with Crippen LogP contribution in [0.2, 0.25) is 0 Å². The first-order valence-corrected chi connectivity index (χ1v) is 8.10. The van der Waals surface area contributed by atoms with Gasteiger partial charge in [-0.2, -0.15) is 0 Å². The molecule has 0 radical (unpaired) electrons. The van der Waals surface area contributed by atoms with E-state index in [4.69, 9.17) is 9.84 Å². The predicted octanol–water partition coefficient (Wildman–Crippen LogP) is 1.27. The van der Waals surface area contributed by atoms with Gasteiger partial charge in [0.2, 0.25) is 10.0 Å². The van der Waals surface area contributed by atoms with E-state index in [1.807, 2.05) is 0 Å².